The molecule has 0 aromatic heterocycles. The highest BCUT2D eigenvalue weighted by Crippen LogP contribution is 2.50. The first-order valence-electron chi connectivity index (χ1n) is 10.2. The predicted octanol–water partition coefficient (Wildman–Crippen LogP) is 5.62. The molecule has 1 heterocycles. The minimum atomic E-state index is -0.685. The topological polar surface area (TPSA) is 74.3 Å². The van der Waals surface area contributed by atoms with E-state index in [9.17, 15) is 9.59 Å². The van der Waals surface area contributed by atoms with Crippen molar-refractivity contribution in [2.24, 2.45) is 5.41 Å². The maximum Gasteiger partial charge on any atom is 0.410 e. The molecule has 1 aromatic carbocycles. The van der Waals surface area contributed by atoms with Crippen LogP contribution >= 0.6 is 23.2 Å². The van der Waals surface area contributed by atoms with E-state index in [-0.39, 0.29) is 30.8 Å². The number of esters is 1. The lowest BCUT2D eigenvalue weighted by Gasteiger charge is -2.30. The van der Waals surface area contributed by atoms with Crippen LogP contribution < -0.4 is 4.74 Å². The first kappa shape index (κ1) is 25.6. The van der Waals surface area contributed by atoms with Crippen LogP contribution in [0.4, 0.5) is 4.79 Å². The molecule has 7 nitrogen and oxygen atoms in total. The molecule has 0 radical (unpaired) electrons. The van der Waals surface area contributed by atoms with Gasteiger partial charge in [0.2, 0.25) is 0 Å². The third kappa shape index (κ3) is 6.64. The van der Waals surface area contributed by atoms with E-state index in [1.54, 1.807) is 44.7 Å². The Bertz CT molecular complexity index is 810. The molecule has 0 N–H and O–H groups in total. The first-order chi connectivity index (χ1) is 14.4. The molecule has 0 aliphatic carbocycles. The summed E-state index contributed by atoms with van der Waals surface area (Å²) in [6, 6.07) is 2.81. The fourth-order valence-corrected chi connectivity index (χ4v) is 4.18. The summed E-state index contributed by atoms with van der Waals surface area (Å²) in [7, 11) is 1.51. The zero-order chi connectivity index (χ0) is 23.4. The van der Waals surface area contributed by atoms with E-state index in [0.29, 0.717) is 29.4 Å². The van der Waals surface area contributed by atoms with Crippen molar-refractivity contribution in [3.05, 3.63) is 27.7 Å². The van der Waals surface area contributed by atoms with Crippen LogP contribution in [0.15, 0.2) is 12.1 Å². The van der Waals surface area contributed by atoms with Crippen LogP contribution in [0, 0.1) is 5.41 Å². The van der Waals surface area contributed by atoms with Gasteiger partial charge in [-0.3, -0.25) is 4.79 Å². The van der Waals surface area contributed by atoms with Gasteiger partial charge in [0.1, 0.15) is 11.4 Å². The SMILES string of the molecule is CCOC(=O)CC1(C)C[C@H](c2c(OCOC)ccc(Cl)c2Cl)N(C(=O)OC(C)(C)C)C1. The first-order valence-corrected chi connectivity index (χ1v) is 10.9. The van der Waals surface area contributed by atoms with Gasteiger partial charge in [-0.1, -0.05) is 30.1 Å². The van der Waals surface area contributed by atoms with Crippen LogP contribution in [0.1, 0.15) is 59.1 Å². The number of carbonyl (C=O) groups is 2. The molecule has 1 aromatic rings. The summed E-state index contributed by atoms with van der Waals surface area (Å²) >= 11 is 12.9. The molecule has 2 rings (SSSR count). The lowest BCUT2D eigenvalue weighted by Crippen LogP contribution is -2.38. The Balaban J connectivity index is 2.49. The van der Waals surface area contributed by atoms with Gasteiger partial charge in [-0.25, -0.2) is 4.79 Å². The molecule has 1 unspecified atom stereocenters. The number of carbonyl (C=O) groups excluding carboxylic acids is 2. The molecule has 2 atom stereocenters. The van der Waals surface area contributed by atoms with Gasteiger partial charge in [0, 0.05) is 19.2 Å². The zero-order valence-corrected chi connectivity index (χ0v) is 20.4. The summed E-state index contributed by atoms with van der Waals surface area (Å²) in [6.07, 6.45) is 0.108. The third-order valence-corrected chi connectivity index (χ3v) is 5.70. The van der Waals surface area contributed by atoms with Gasteiger partial charge in [0.25, 0.3) is 0 Å². The van der Waals surface area contributed by atoms with Crippen LogP contribution in [-0.2, 0) is 19.0 Å². The quantitative estimate of drug-likeness (QED) is 0.376. The van der Waals surface area contributed by atoms with Crippen molar-refractivity contribution in [1.82, 2.24) is 4.90 Å². The maximum absolute atomic E-state index is 13.1. The number of amides is 1. The Morgan fingerprint density at radius 2 is 1.94 bits per heavy atom. The van der Waals surface area contributed by atoms with Crippen LogP contribution in [0.25, 0.3) is 0 Å². The standard InChI is InChI=1S/C22H31Cl2NO6/c1-7-29-17(26)11-22(5)10-15(25(12-22)20(27)31-21(2,3)4)18-16(30-13-28-6)9-8-14(23)19(18)24/h8-9,15H,7,10-13H2,1-6H3/t15-,22?/m1/s1. The van der Waals surface area contributed by atoms with Crippen molar-refractivity contribution in [3.8, 4) is 5.75 Å². The Morgan fingerprint density at radius 3 is 2.52 bits per heavy atom. The Morgan fingerprint density at radius 1 is 1.26 bits per heavy atom. The number of hydrogen-bond acceptors (Lipinski definition) is 6. The smallest absolute Gasteiger partial charge is 0.410 e. The van der Waals surface area contributed by atoms with Crippen molar-refractivity contribution >= 4 is 35.3 Å². The van der Waals surface area contributed by atoms with Crippen LogP contribution in [-0.4, -0.2) is 49.6 Å². The van der Waals surface area contributed by atoms with Gasteiger partial charge < -0.3 is 23.8 Å². The maximum atomic E-state index is 13.1. The summed E-state index contributed by atoms with van der Waals surface area (Å²) in [6.45, 7) is 9.69. The summed E-state index contributed by atoms with van der Waals surface area (Å²) in [5.74, 6) is 0.137. The fraction of sp³-hybridized carbons (Fsp3) is 0.636. The fourth-order valence-electron chi connectivity index (χ4n) is 3.73. The van der Waals surface area contributed by atoms with E-state index < -0.39 is 23.2 Å². The van der Waals surface area contributed by atoms with Gasteiger partial charge >= 0.3 is 12.1 Å². The average Bonchev–Trinajstić information content (AvgIpc) is 2.98. The van der Waals surface area contributed by atoms with Gasteiger partial charge in [0.15, 0.2) is 6.79 Å². The normalized spacial score (nSPS) is 21.2. The predicted molar refractivity (Wildman–Crippen MR) is 119 cm³/mol. The number of likely N-dealkylation sites (tertiary alicyclic amines) is 1. The molecule has 1 amide bonds. The summed E-state index contributed by atoms with van der Waals surface area (Å²) in [5.41, 5.74) is -0.669. The largest absolute Gasteiger partial charge is 0.467 e. The second-order valence-corrected chi connectivity index (χ2v) is 9.73. The van der Waals surface area contributed by atoms with E-state index in [4.69, 9.17) is 42.1 Å². The highest BCUT2D eigenvalue weighted by molar-refractivity contribution is 6.42. The monoisotopic (exact) mass is 475 g/mol. The molecule has 1 saturated heterocycles. The summed E-state index contributed by atoms with van der Waals surface area (Å²) in [5, 5.41) is 0.624. The van der Waals surface area contributed by atoms with Crippen molar-refractivity contribution in [2.45, 2.75) is 59.1 Å². The molecule has 9 heteroatoms. The molecule has 1 aliphatic rings. The van der Waals surface area contributed by atoms with E-state index in [1.165, 1.54) is 7.11 Å². The van der Waals surface area contributed by atoms with Gasteiger partial charge in [0.05, 0.1) is 29.1 Å². The lowest BCUT2D eigenvalue weighted by molar-refractivity contribution is -0.145. The number of rotatable bonds is 7. The molecule has 174 valence electrons. The Labute approximate surface area is 193 Å². The Hall–Kier alpha value is -1.70. The summed E-state index contributed by atoms with van der Waals surface area (Å²) < 4.78 is 21.5. The second kappa shape index (κ2) is 10.3. The highest BCUT2D eigenvalue weighted by atomic mass is 35.5. The van der Waals surface area contributed by atoms with Crippen LogP contribution in [0.2, 0.25) is 10.0 Å². The van der Waals surface area contributed by atoms with Gasteiger partial charge in [-0.05, 0) is 51.7 Å². The molecular formula is C22H31Cl2NO6. The molecule has 0 saturated carbocycles. The molecule has 31 heavy (non-hydrogen) atoms. The minimum Gasteiger partial charge on any atom is -0.467 e. The van der Waals surface area contributed by atoms with Crippen molar-refractivity contribution < 1.29 is 28.5 Å². The molecular weight excluding hydrogens is 445 g/mol. The lowest BCUT2D eigenvalue weighted by atomic mass is 9.83. The van der Waals surface area contributed by atoms with Crippen LogP contribution in [0.5, 0.6) is 5.75 Å². The summed E-state index contributed by atoms with van der Waals surface area (Å²) in [4.78, 5) is 26.9. The molecule has 1 aliphatic heterocycles. The van der Waals surface area contributed by atoms with E-state index in [1.807, 2.05) is 6.92 Å². The number of ether oxygens (including phenoxy) is 4. The number of methoxy groups -OCH3 is 1. The van der Waals surface area contributed by atoms with Crippen molar-refractivity contribution in [1.29, 1.82) is 0 Å². The zero-order valence-electron chi connectivity index (χ0n) is 18.9. The van der Waals surface area contributed by atoms with Crippen molar-refractivity contribution in [3.63, 3.8) is 0 Å². The number of benzene rings is 1. The van der Waals surface area contributed by atoms with Crippen molar-refractivity contribution in [2.75, 3.05) is 27.1 Å². The average molecular weight is 476 g/mol. The third-order valence-electron chi connectivity index (χ3n) is 4.88. The van der Waals surface area contributed by atoms with E-state index in [2.05, 4.69) is 0 Å². The van der Waals surface area contributed by atoms with E-state index >= 15 is 0 Å². The highest BCUT2D eigenvalue weighted by Gasteiger charge is 2.48. The Kier molecular flexibility index (Phi) is 8.47. The number of nitrogens with zero attached hydrogens (tertiary/aromatic N) is 1. The minimum absolute atomic E-state index is 0.00418. The molecule has 0 bridgehead atoms. The van der Waals surface area contributed by atoms with E-state index in [0.717, 1.165) is 0 Å². The van der Waals surface area contributed by atoms with Gasteiger partial charge in [-0.2, -0.15) is 0 Å². The van der Waals surface area contributed by atoms with Gasteiger partial charge in [-0.15, -0.1) is 0 Å². The number of hydrogen-bond donors (Lipinski definition) is 0. The second-order valence-electron chi connectivity index (χ2n) is 8.94. The molecule has 0 spiro atoms. The number of halogens is 2. The molecule has 1 fully saturated rings. The van der Waals surface area contributed by atoms with Crippen LogP contribution in [0.3, 0.4) is 0 Å².